The molecule has 0 radical (unpaired) electrons. The number of aliphatic hydroxyl groups is 8. The second-order valence-electron chi connectivity index (χ2n) is 3.81. The SMILES string of the molecule is OC[P+](CO)(CO)CO.OC[P+](CO)(CO)CO.[O-2]. The average Bonchev–Trinajstić information content (AvgIpc) is 2.46. The molecule has 0 saturated heterocycles. The molecule has 8 N–H and O–H groups in total. The van der Waals surface area contributed by atoms with Crippen molar-refractivity contribution in [2.75, 3.05) is 50.8 Å². The molecule has 9 nitrogen and oxygen atoms in total. The molecule has 19 heavy (non-hydrogen) atoms. The molecule has 0 aliphatic carbocycles. The Labute approximate surface area is 112 Å². The van der Waals surface area contributed by atoms with Crippen molar-refractivity contribution in [2.24, 2.45) is 0 Å². The fraction of sp³-hybridized carbons (Fsp3) is 1.00. The summed E-state index contributed by atoms with van der Waals surface area (Å²) in [5.41, 5.74) is 0. The van der Waals surface area contributed by atoms with E-state index >= 15 is 0 Å². The molecular formula is C8H24O9P2. The summed E-state index contributed by atoms with van der Waals surface area (Å²) in [6, 6.07) is 0. The Bertz CT molecular complexity index is 132. The van der Waals surface area contributed by atoms with Crippen LogP contribution in [0.2, 0.25) is 0 Å². The highest BCUT2D eigenvalue weighted by atomic mass is 31.2. The van der Waals surface area contributed by atoms with Gasteiger partial charge in [0.2, 0.25) is 0 Å². The maximum Gasteiger partial charge on any atom is 0.161 e. The molecule has 0 saturated carbocycles. The largest absolute Gasteiger partial charge is 2.00 e. The maximum absolute atomic E-state index is 8.55. The predicted octanol–water partition coefficient (Wildman–Crippen LogP) is -2.51. The quantitative estimate of drug-likeness (QED) is 0.224. The Hall–Kier alpha value is 0.500. The van der Waals surface area contributed by atoms with Crippen LogP contribution >= 0.6 is 14.5 Å². The second kappa shape index (κ2) is 13.5. The van der Waals surface area contributed by atoms with E-state index in [9.17, 15) is 0 Å². The average molecular weight is 326 g/mol. The Balaban J connectivity index is -0.000000256. The first-order chi connectivity index (χ1) is 8.49. The zero-order chi connectivity index (χ0) is 14.7. The minimum absolute atomic E-state index is 0. The van der Waals surface area contributed by atoms with Gasteiger partial charge in [-0.15, -0.1) is 0 Å². The zero-order valence-corrected chi connectivity index (χ0v) is 12.3. The van der Waals surface area contributed by atoms with Gasteiger partial charge in [0.05, 0.1) is 0 Å². The third-order valence-electron chi connectivity index (χ3n) is 2.40. The van der Waals surface area contributed by atoms with Crippen LogP contribution in [0, 0.1) is 0 Å². The molecule has 0 aliphatic rings. The fourth-order valence-corrected chi connectivity index (χ4v) is 1.61. The summed E-state index contributed by atoms with van der Waals surface area (Å²) < 4.78 is 0. The predicted molar refractivity (Wildman–Crippen MR) is 71.2 cm³/mol. The van der Waals surface area contributed by atoms with Gasteiger partial charge in [0, 0.05) is 0 Å². The van der Waals surface area contributed by atoms with E-state index in [0.29, 0.717) is 0 Å². The van der Waals surface area contributed by atoms with Gasteiger partial charge in [-0.25, -0.2) is 0 Å². The summed E-state index contributed by atoms with van der Waals surface area (Å²) in [6.07, 6.45) is -2.36. The number of aliphatic hydroxyl groups excluding tert-OH is 8. The van der Waals surface area contributed by atoms with Gasteiger partial charge in [-0.05, 0) is 0 Å². The summed E-state index contributed by atoms with van der Waals surface area (Å²) in [7, 11) is -4.40. The van der Waals surface area contributed by atoms with Crippen molar-refractivity contribution in [3.05, 3.63) is 0 Å². The van der Waals surface area contributed by atoms with Gasteiger partial charge in [-0.1, -0.05) is 0 Å². The second-order valence-corrected chi connectivity index (χ2v) is 11.4. The lowest BCUT2D eigenvalue weighted by Gasteiger charge is -2.15. The third kappa shape index (κ3) is 8.39. The number of rotatable bonds is 8. The van der Waals surface area contributed by atoms with Gasteiger partial charge in [0.1, 0.15) is 14.5 Å². The lowest BCUT2D eigenvalue weighted by atomic mass is 11.6. The standard InChI is InChI=1S/2C4H12O4P.O/c2*5-1-9(2-6,3-7)4-8;/h2*5-8H,1-4H2;/q2*+1;-2. The molecule has 0 aromatic rings. The first-order valence-electron chi connectivity index (χ1n) is 5.06. The van der Waals surface area contributed by atoms with Crippen LogP contribution in [-0.4, -0.2) is 91.6 Å². The first-order valence-corrected chi connectivity index (χ1v) is 10.1. The van der Waals surface area contributed by atoms with Crippen LogP contribution in [0.25, 0.3) is 0 Å². The van der Waals surface area contributed by atoms with E-state index in [1.807, 2.05) is 0 Å². The highest BCUT2D eigenvalue weighted by Crippen LogP contribution is 2.55. The molecule has 120 valence electrons. The van der Waals surface area contributed by atoms with Gasteiger partial charge >= 0.3 is 0 Å². The lowest BCUT2D eigenvalue weighted by Crippen LogP contribution is -2.10. The van der Waals surface area contributed by atoms with Gasteiger partial charge in [0.15, 0.2) is 50.8 Å². The maximum atomic E-state index is 8.55. The summed E-state index contributed by atoms with van der Waals surface area (Å²) in [5, 5.41) is 68.4. The monoisotopic (exact) mass is 326 g/mol. The molecule has 0 unspecified atom stereocenters. The molecule has 0 bridgehead atoms. The molecule has 0 aromatic carbocycles. The van der Waals surface area contributed by atoms with Crippen LogP contribution in [-0.2, 0) is 5.48 Å². The fourth-order valence-electron chi connectivity index (χ4n) is 0.537. The van der Waals surface area contributed by atoms with E-state index in [1.165, 1.54) is 0 Å². The van der Waals surface area contributed by atoms with Crippen molar-refractivity contribution in [3.63, 3.8) is 0 Å². The smallest absolute Gasteiger partial charge is 0.161 e. The van der Waals surface area contributed by atoms with Gasteiger partial charge in [-0.2, -0.15) is 0 Å². The molecule has 0 rings (SSSR count). The topological polar surface area (TPSA) is 190 Å². The van der Waals surface area contributed by atoms with Crippen molar-refractivity contribution in [3.8, 4) is 0 Å². The van der Waals surface area contributed by atoms with Crippen molar-refractivity contribution in [2.45, 2.75) is 0 Å². The lowest BCUT2D eigenvalue weighted by molar-refractivity contribution is 0.287. The highest BCUT2D eigenvalue weighted by molar-refractivity contribution is 7.75. The Morgan fingerprint density at radius 2 is 0.474 bits per heavy atom. The Kier molecular flexibility index (Phi) is 17.4. The van der Waals surface area contributed by atoms with Crippen LogP contribution < -0.4 is 0 Å². The molecule has 11 heteroatoms. The highest BCUT2D eigenvalue weighted by Gasteiger charge is 2.35. The summed E-state index contributed by atoms with van der Waals surface area (Å²) in [6.45, 7) is 0. The Morgan fingerprint density at radius 3 is 0.474 bits per heavy atom. The van der Waals surface area contributed by atoms with Crippen LogP contribution in [0.1, 0.15) is 0 Å². The minimum atomic E-state index is -2.20. The van der Waals surface area contributed by atoms with Gasteiger partial charge in [-0.3, -0.25) is 0 Å². The van der Waals surface area contributed by atoms with E-state index in [4.69, 9.17) is 40.9 Å². The van der Waals surface area contributed by atoms with Crippen molar-refractivity contribution in [1.82, 2.24) is 0 Å². The molecule has 0 atom stereocenters. The van der Waals surface area contributed by atoms with Gasteiger partial charge < -0.3 is 46.3 Å². The van der Waals surface area contributed by atoms with Crippen molar-refractivity contribution >= 4 is 14.5 Å². The molecule has 0 aliphatic heterocycles. The summed E-state index contributed by atoms with van der Waals surface area (Å²) >= 11 is 0. The number of hydrogen-bond donors (Lipinski definition) is 8. The van der Waals surface area contributed by atoms with E-state index < -0.39 is 14.5 Å². The van der Waals surface area contributed by atoms with E-state index in [1.54, 1.807) is 0 Å². The van der Waals surface area contributed by atoms with Crippen molar-refractivity contribution < 1.29 is 46.3 Å². The van der Waals surface area contributed by atoms with E-state index in [2.05, 4.69) is 0 Å². The normalized spacial score (nSPS) is 11.4. The van der Waals surface area contributed by atoms with Crippen LogP contribution in [0.5, 0.6) is 0 Å². The zero-order valence-electron chi connectivity index (χ0n) is 10.5. The molecule has 0 heterocycles. The molecular weight excluding hydrogens is 302 g/mol. The van der Waals surface area contributed by atoms with E-state index in [-0.39, 0.29) is 56.3 Å². The van der Waals surface area contributed by atoms with Crippen LogP contribution in [0.3, 0.4) is 0 Å². The third-order valence-corrected chi connectivity index (χ3v) is 7.20. The summed E-state index contributed by atoms with van der Waals surface area (Å²) in [4.78, 5) is 0. The molecule has 0 amide bonds. The van der Waals surface area contributed by atoms with Crippen molar-refractivity contribution in [1.29, 1.82) is 0 Å². The van der Waals surface area contributed by atoms with Crippen LogP contribution in [0.4, 0.5) is 0 Å². The molecule has 0 fully saturated rings. The van der Waals surface area contributed by atoms with E-state index in [0.717, 1.165) is 0 Å². The first kappa shape index (κ1) is 24.5. The number of hydrogen-bond acceptors (Lipinski definition) is 8. The van der Waals surface area contributed by atoms with Crippen LogP contribution in [0.15, 0.2) is 0 Å². The molecule has 0 aromatic heterocycles. The van der Waals surface area contributed by atoms with Gasteiger partial charge in [0.25, 0.3) is 0 Å². The Morgan fingerprint density at radius 1 is 0.368 bits per heavy atom. The minimum Gasteiger partial charge on any atom is -2.00 e. The molecule has 0 spiro atoms. The summed E-state index contributed by atoms with van der Waals surface area (Å²) in [5.74, 6) is 0.